The summed E-state index contributed by atoms with van der Waals surface area (Å²) in [6, 6.07) is 7.92. The summed E-state index contributed by atoms with van der Waals surface area (Å²) in [5.74, 6) is 0.699. The summed E-state index contributed by atoms with van der Waals surface area (Å²) in [5, 5.41) is 9.40. The van der Waals surface area contributed by atoms with E-state index < -0.39 is 0 Å². The van der Waals surface area contributed by atoms with E-state index in [2.05, 4.69) is 20.9 Å². The van der Waals surface area contributed by atoms with Gasteiger partial charge in [-0.2, -0.15) is 0 Å². The third-order valence-corrected chi connectivity index (χ3v) is 4.53. The summed E-state index contributed by atoms with van der Waals surface area (Å²) < 4.78 is 5.86. The molecule has 1 aromatic rings. The summed E-state index contributed by atoms with van der Waals surface area (Å²) in [5.41, 5.74) is 1.70. The third kappa shape index (κ3) is 4.38. The normalized spacial score (nSPS) is 25.1. The Balaban J connectivity index is 0.00000208. The molecule has 0 spiro atoms. The Hall–Kier alpha value is -1.35. The number of hydrogen-bond acceptors (Lipinski definition) is 3. The standard InChI is InChI=1S/C17H24N4O2.HI/c1-18-16(22)12-5-3-4-11(8-12)10-20-17(19-2)21-14-9-13-6-7-15(14)23-13;/h3-5,8,13-15H,6-7,9-10H2,1-2H3,(H,18,22)(H2,19,20,21);1H. The molecule has 2 saturated heterocycles. The molecule has 0 radical (unpaired) electrons. The number of halogens is 1. The Bertz CT molecular complexity index is 608. The van der Waals surface area contributed by atoms with Gasteiger partial charge in [-0.05, 0) is 37.0 Å². The van der Waals surface area contributed by atoms with Crippen LogP contribution in [0.2, 0.25) is 0 Å². The monoisotopic (exact) mass is 444 g/mol. The van der Waals surface area contributed by atoms with Crippen LogP contribution in [0.3, 0.4) is 0 Å². The van der Waals surface area contributed by atoms with Crippen LogP contribution in [0.15, 0.2) is 29.3 Å². The predicted molar refractivity (Wildman–Crippen MR) is 105 cm³/mol. The van der Waals surface area contributed by atoms with E-state index in [1.807, 2.05) is 24.3 Å². The maximum Gasteiger partial charge on any atom is 0.251 e. The topological polar surface area (TPSA) is 74.8 Å². The van der Waals surface area contributed by atoms with Gasteiger partial charge in [0, 0.05) is 26.2 Å². The van der Waals surface area contributed by atoms with E-state index in [1.165, 1.54) is 6.42 Å². The smallest absolute Gasteiger partial charge is 0.251 e. The maximum atomic E-state index is 11.7. The number of rotatable bonds is 4. The van der Waals surface area contributed by atoms with Crippen molar-refractivity contribution >= 4 is 35.8 Å². The van der Waals surface area contributed by atoms with Crippen molar-refractivity contribution in [1.29, 1.82) is 0 Å². The molecule has 1 amide bonds. The molecule has 3 atom stereocenters. The van der Waals surface area contributed by atoms with Gasteiger partial charge in [-0.15, -0.1) is 24.0 Å². The minimum Gasteiger partial charge on any atom is -0.373 e. The third-order valence-electron chi connectivity index (χ3n) is 4.53. The number of ether oxygens (including phenoxy) is 1. The van der Waals surface area contributed by atoms with Crippen molar-refractivity contribution in [2.75, 3.05) is 14.1 Å². The average molecular weight is 444 g/mol. The second-order valence-corrected chi connectivity index (χ2v) is 6.07. The summed E-state index contributed by atoms with van der Waals surface area (Å²) in [7, 11) is 3.40. The van der Waals surface area contributed by atoms with Crippen LogP contribution in [0.5, 0.6) is 0 Å². The fraction of sp³-hybridized carbons (Fsp3) is 0.529. The maximum absolute atomic E-state index is 11.7. The minimum absolute atomic E-state index is 0. The van der Waals surface area contributed by atoms with Gasteiger partial charge >= 0.3 is 0 Å². The quantitative estimate of drug-likeness (QED) is 0.375. The zero-order valence-corrected chi connectivity index (χ0v) is 16.4. The molecule has 3 unspecified atom stereocenters. The van der Waals surface area contributed by atoms with E-state index in [9.17, 15) is 4.79 Å². The molecule has 1 aromatic carbocycles. The molecule has 0 aromatic heterocycles. The van der Waals surface area contributed by atoms with Crippen LogP contribution in [-0.2, 0) is 11.3 Å². The molecule has 6 nitrogen and oxygen atoms in total. The van der Waals surface area contributed by atoms with Crippen molar-refractivity contribution in [3.05, 3.63) is 35.4 Å². The molecular weight excluding hydrogens is 419 g/mol. The molecule has 2 aliphatic heterocycles. The fourth-order valence-corrected chi connectivity index (χ4v) is 3.31. The Morgan fingerprint density at radius 3 is 2.83 bits per heavy atom. The van der Waals surface area contributed by atoms with Crippen molar-refractivity contribution < 1.29 is 9.53 Å². The highest BCUT2D eigenvalue weighted by atomic mass is 127. The zero-order valence-electron chi connectivity index (χ0n) is 14.0. The second-order valence-electron chi connectivity index (χ2n) is 6.07. The zero-order chi connectivity index (χ0) is 16.2. The molecule has 2 aliphatic rings. The van der Waals surface area contributed by atoms with Gasteiger partial charge < -0.3 is 20.7 Å². The lowest BCUT2D eigenvalue weighted by molar-refractivity contribution is 0.0962. The number of guanidine groups is 1. The predicted octanol–water partition coefficient (Wildman–Crippen LogP) is 1.65. The number of amides is 1. The van der Waals surface area contributed by atoms with Crippen LogP contribution in [0.25, 0.3) is 0 Å². The number of aliphatic imine (C=N–C) groups is 1. The largest absolute Gasteiger partial charge is 0.373 e. The molecule has 3 N–H and O–H groups in total. The van der Waals surface area contributed by atoms with Gasteiger partial charge in [0.25, 0.3) is 5.91 Å². The van der Waals surface area contributed by atoms with Crippen molar-refractivity contribution in [1.82, 2.24) is 16.0 Å². The lowest BCUT2D eigenvalue weighted by Gasteiger charge is -2.22. The molecule has 2 fully saturated rings. The molecule has 3 rings (SSSR count). The van der Waals surface area contributed by atoms with E-state index in [0.717, 1.165) is 24.4 Å². The first-order valence-electron chi connectivity index (χ1n) is 8.13. The Kier molecular flexibility index (Phi) is 6.85. The first-order valence-corrected chi connectivity index (χ1v) is 8.13. The number of carbonyl (C=O) groups excluding carboxylic acids is 1. The Morgan fingerprint density at radius 1 is 1.38 bits per heavy atom. The number of nitrogens with one attached hydrogen (secondary N) is 3. The van der Waals surface area contributed by atoms with Gasteiger partial charge in [-0.3, -0.25) is 9.79 Å². The molecule has 2 heterocycles. The van der Waals surface area contributed by atoms with Gasteiger partial charge in [0.05, 0.1) is 18.2 Å². The Morgan fingerprint density at radius 2 is 2.21 bits per heavy atom. The van der Waals surface area contributed by atoms with E-state index in [1.54, 1.807) is 14.1 Å². The first-order chi connectivity index (χ1) is 11.2. The first kappa shape index (κ1) is 19.0. The van der Waals surface area contributed by atoms with Crippen LogP contribution in [0.1, 0.15) is 35.2 Å². The SMILES string of the molecule is CN=C(NCc1cccc(C(=O)NC)c1)NC1CC2CCC1O2.I. The molecular formula is C17H25IN4O2. The number of carbonyl (C=O) groups is 1. The van der Waals surface area contributed by atoms with Crippen molar-refractivity contribution in [2.45, 2.75) is 44.1 Å². The van der Waals surface area contributed by atoms with Crippen molar-refractivity contribution in [3.63, 3.8) is 0 Å². The van der Waals surface area contributed by atoms with Crippen LogP contribution < -0.4 is 16.0 Å². The molecule has 0 saturated carbocycles. The van der Waals surface area contributed by atoms with Crippen LogP contribution in [0, 0.1) is 0 Å². The highest BCUT2D eigenvalue weighted by molar-refractivity contribution is 14.0. The summed E-state index contributed by atoms with van der Waals surface area (Å²) in [6.45, 7) is 0.617. The summed E-state index contributed by atoms with van der Waals surface area (Å²) in [6.07, 6.45) is 4.10. The summed E-state index contributed by atoms with van der Waals surface area (Å²) >= 11 is 0. The van der Waals surface area contributed by atoms with Crippen LogP contribution >= 0.6 is 24.0 Å². The van der Waals surface area contributed by atoms with E-state index >= 15 is 0 Å². The Labute approximate surface area is 159 Å². The van der Waals surface area contributed by atoms with Gasteiger partial charge in [-0.1, -0.05) is 12.1 Å². The number of benzene rings is 1. The van der Waals surface area contributed by atoms with Crippen LogP contribution in [0.4, 0.5) is 0 Å². The highest BCUT2D eigenvalue weighted by Crippen LogP contribution is 2.34. The van der Waals surface area contributed by atoms with E-state index in [-0.39, 0.29) is 29.9 Å². The van der Waals surface area contributed by atoms with Gasteiger partial charge in [0.1, 0.15) is 0 Å². The minimum atomic E-state index is -0.0755. The summed E-state index contributed by atoms with van der Waals surface area (Å²) in [4.78, 5) is 16.0. The number of nitrogens with zero attached hydrogens (tertiary/aromatic N) is 1. The second kappa shape index (κ2) is 8.66. The molecule has 132 valence electrons. The number of fused-ring (bicyclic) bond motifs is 2. The average Bonchev–Trinajstić information content (AvgIpc) is 3.21. The highest BCUT2D eigenvalue weighted by Gasteiger charge is 2.41. The fourth-order valence-electron chi connectivity index (χ4n) is 3.31. The van der Waals surface area contributed by atoms with Crippen molar-refractivity contribution in [3.8, 4) is 0 Å². The van der Waals surface area contributed by atoms with Gasteiger partial charge in [0.2, 0.25) is 0 Å². The molecule has 0 aliphatic carbocycles. The molecule has 7 heteroatoms. The lowest BCUT2D eigenvalue weighted by Crippen LogP contribution is -2.47. The number of hydrogen-bond donors (Lipinski definition) is 3. The van der Waals surface area contributed by atoms with Crippen LogP contribution in [-0.4, -0.2) is 44.2 Å². The molecule has 2 bridgehead atoms. The van der Waals surface area contributed by atoms with Gasteiger partial charge in [0.15, 0.2) is 5.96 Å². The van der Waals surface area contributed by atoms with E-state index in [0.29, 0.717) is 30.4 Å². The molecule has 24 heavy (non-hydrogen) atoms. The van der Waals surface area contributed by atoms with Crippen molar-refractivity contribution in [2.24, 2.45) is 4.99 Å². The van der Waals surface area contributed by atoms with Gasteiger partial charge in [-0.25, -0.2) is 0 Å². The lowest BCUT2D eigenvalue weighted by atomic mass is 9.96. The van der Waals surface area contributed by atoms with E-state index in [4.69, 9.17) is 4.74 Å².